The third kappa shape index (κ3) is 7.18. The van der Waals surface area contributed by atoms with E-state index >= 15 is 0 Å². The predicted molar refractivity (Wildman–Crippen MR) is 85.7 cm³/mol. The molecule has 2 N–H and O–H groups in total. The van der Waals surface area contributed by atoms with Crippen LogP contribution in [0.5, 0.6) is 0 Å². The normalized spacial score (nSPS) is 12.2. The Hall–Kier alpha value is -1.49. The molecule has 1 aromatic rings. The minimum atomic E-state index is -0.837. The van der Waals surface area contributed by atoms with Gasteiger partial charge in [0, 0.05) is 17.4 Å². The summed E-state index contributed by atoms with van der Waals surface area (Å²) in [6.07, 6.45) is 0.528. The number of nitrogens with one attached hydrogen (secondary N) is 1. The van der Waals surface area contributed by atoms with Crippen LogP contribution in [0, 0.1) is 0 Å². The molecule has 5 heteroatoms. The molecule has 0 spiro atoms. The highest BCUT2D eigenvalue weighted by Crippen LogP contribution is 2.21. The zero-order chi connectivity index (χ0) is 15.8. The lowest BCUT2D eigenvalue weighted by molar-refractivity contribution is -0.137. The van der Waals surface area contributed by atoms with E-state index in [1.807, 2.05) is 19.1 Å². The van der Waals surface area contributed by atoms with Crippen LogP contribution < -0.4 is 5.32 Å². The number of aliphatic carboxylic acids is 1. The van der Waals surface area contributed by atoms with Crippen LogP contribution in [0.3, 0.4) is 0 Å². The third-order valence-corrected chi connectivity index (χ3v) is 4.13. The second-order valence-corrected chi connectivity index (χ2v) is 6.46. The van der Waals surface area contributed by atoms with E-state index in [1.165, 1.54) is 17.3 Å². The molecule has 0 saturated heterocycles. The zero-order valence-corrected chi connectivity index (χ0v) is 13.6. The number of benzene rings is 1. The fourth-order valence-corrected chi connectivity index (χ4v) is 2.54. The van der Waals surface area contributed by atoms with Gasteiger partial charge in [-0.2, -0.15) is 0 Å². The highest BCUT2D eigenvalue weighted by Gasteiger charge is 2.09. The van der Waals surface area contributed by atoms with Gasteiger partial charge in [-0.25, -0.2) is 0 Å². The first-order valence-corrected chi connectivity index (χ1v) is 8.11. The Bertz CT molecular complexity index is 471. The van der Waals surface area contributed by atoms with E-state index in [-0.39, 0.29) is 18.4 Å². The van der Waals surface area contributed by atoms with Crippen LogP contribution in [-0.2, 0) is 9.59 Å². The molecule has 1 atom stereocenters. The Morgan fingerprint density at radius 3 is 2.33 bits per heavy atom. The molecule has 0 aliphatic heterocycles. The molecule has 0 saturated carbocycles. The van der Waals surface area contributed by atoms with Crippen molar-refractivity contribution in [3.8, 4) is 0 Å². The monoisotopic (exact) mass is 309 g/mol. The number of hydrogen-bond acceptors (Lipinski definition) is 3. The Labute approximate surface area is 130 Å². The molecular weight excluding hydrogens is 286 g/mol. The van der Waals surface area contributed by atoms with E-state index in [2.05, 4.69) is 31.3 Å². The van der Waals surface area contributed by atoms with Crippen LogP contribution in [0.4, 0.5) is 0 Å². The SMILES string of the molecule is CC(CCC(=O)O)NC(=O)CSc1ccc(C(C)C)cc1. The van der Waals surface area contributed by atoms with Crippen molar-refractivity contribution >= 4 is 23.6 Å². The van der Waals surface area contributed by atoms with Gasteiger partial charge in [-0.3, -0.25) is 9.59 Å². The van der Waals surface area contributed by atoms with Crippen LogP contribution in [0.1, 0.15) is 45.1 Å². The van der Waals surface area contributed by atoms with Crippen molar-refractivity contribution in [2.75, 3.05) is 5.75 Å². The standard InChI is InChI=1S/C16H23NO3S/c1-11(2)13-5-7-14(8-6-13)21-10-15(18)17-12(3)4-9-16(19)20/h5-8,11-12H,4,9-10H2,1-3H3,(H,17,18)(H,19,20). The number of hydrogen-bond donors (Lipinski definition) is 2. The number of carbonyl (C=O) groups excluding carboxylic acids is 1. The van der Waals surface area contributed by atoms with Crippen molar-refractivity contribution in [1.82, 2.24) is 5.32 Å². The van der Waals surface area contributed by atoms with Gasteiger partial charge in [0.25, 0.3) is 0 Å². The number of rotatable bonds is 8. The second kappa shape index (κ2) is 8.72. The first-order chi connectivity index (χ1) is 9.88. The van der Waals surface area contributed by atoms with Crippen molar-refractivity contribution in [3.05, 3.63) is 29.8 Å². The molecule has 0 aromatic heterocycles. The minimum absolute atomic E-state index is 0.0641. The molecule has 4 nitrogen and oxygen atoms in total. The summed E-state index contributed by atoms with van der Waals surface area (Å²) in [7, 11) is 0. The summed E-state index contributed by atoms with van der Waals surface area (Å²) in [5.41, 5.74) is 1.28. The van der Waals surface area contributed by atoms with E-state index in [4.69, 9.17) is 5.11 Å². The Balaban J connectivity index is 2.33. The van der Waals surface area contributed by atoms with Gasteiger partial charge in [0.05, 0.1) is 5.75 Å². The molecule has 0 radical (unpaired) electrons. The number of amides is 1. The van der Waals surface area contributed by atoms with Gasteiger partial charge in [-0.15, -0.1) is 11.8 Å². The highest BCUT2D eigenvalue weighted by molar-refractivity contribution is 8.00. The molecule has 0 fully saturated rings. The van der Waals surface area contributed by atoms with Crippen molar-refractivity contribution in [3.63, 3.8) is 0 Å². The van der Waals surface area contributed by atoms with Crippen LogP contribution in [0.15, 0.2) is 29.2 Å². The fourth-order valence-electron chi connectivity index (χ4n) is 1.83. The number of carboxylic acid groups (broad SMARTS) is 1. The average molecular weight is 309 g/mol. The predicted octanol–water partition coefficient (Wildman–Crippen LogP) is 3.27. The number of thioether (sulfide) groups is 1. The lowest BCUT2D eigenvalue weighted by atomic mass is 10.0. The van der Waals surface area contributed by atoms with Gasteiger partial charge < -0.3 is 10.4 Å². The first-order valence-electron chi connectivity index (χ1n) is 7.12. The van der Waals surface area contributed by atoms with Gasteiger partial charge in [0.1, 0.15) is 0 Å². The molecule has 21 heavy (non-hydrogen) atoms. The molecule has 0 bridgehead atoms. The molecule has 0 heterocycles. The largest absolute Gasteiger partial charge is 0.481 e. The van der Waals surface area contributed by atoms with Crippen molar-refractivity contribution < 1.29 is 14.7 Å². The Morgan fingerprint density at radius 2 is 1.81 bits per heavy atom. The molecule has 116 valence electrons. The van der Waals surface area contributed by atoms with E-state index in [9.17, 15) is 9.59 Å². The summed E-state index contributed by atoms with van der Waals surface area (Å²) in [6.45, 7) is 6.12. The molecule has 1 aromatic carbocycles. The summed E-state index contributed by atoms with van der Waals surface area (Å²) < 4.78 is 0. The van der Waals surface area contributed by atoms with Gasteiger partial charge in [0.2, 0.25) is 5.91 Å². The lowest BCUT2D eigenvalue weighted by Crippen LogP contribution is -2.34. The number of carboxylic acids is 1. The smallest absolute Gasteiger partial charge is 0.303 e. The fraction of sp³-hybridized carbons (Fsp3) is 0.500. The van der Waals surface area contributed by atoms with E-state index < -0.39 is 5.97 Å². The van der Waals surface area contributed by atoms with Gasteiger partial charge in [-0.1, -0.05) is 26.0 Å². The van der Waals surface area contributed by atoms with Crippen molar-refractivity contribution in [2.45, 2.75) is 50.5 Å². The van der Waals surface area contributed by atoms with Crippen LogP contribution in [0.2, 0.25) is 0 Å². The topological polar surface area (TPSA) is 66.4 Å². The second-order valence-electron chi connectivity index (χ2n) is 5.41. The third-order valence-electron chi connectivity index (χ3n) is 3.12. The molecule has 1 unspecified atom stereocenters. The Morgan fingerprint density at radius 1 is 1.19 bits per heavy atom. The van der Waals surface area contributed by atoms with Crippen LogP contribution in [0.25, 0.3) is 0 Å². The minimum Gasteiger partial charge on any atom is -0.481 e. The number of carbonyl (C=O) groups is 2. The van der Waals surface area contributed by atoms with Crippen LogP contribution in [-0.4, -0.2) is 28.8 Å². The van der Waals surface area contributed by atoms with E-state index in [0.717, 1.165) is 4.90 Å². The molecule has 1 rings (SSSR count). The summed E-state index contributed by atoms with van der Waals surface area (Å²) in [6, 6.07) is 8.11. The average Bonchev–Trinajstić information content (AvgIpc) is 2.43. The van der Waals surface area contributed by atoms with Crippen LogP contribution >= 0.6 is 11.8 Å². The zero-order valence-electron chi connectivity index (χ0n) is 12.8. The summed E-state index contributed by atoms with van der Waals surface area (Å²) in [5, 5.41) is 11.4. The maximum Gasteiger partial charge on any atom is 0.303 e. The summed E-state index contributed by atoms with van der Waals surface area (Å²) in [5.74, 6) is -0.0534. The van der Waals surface area contributed by atoms with E-state index in [1.54, 1.807) is 0 Å². The highest BCUT2D eigenvalue weighted by atomic mass is 32.2. The van der Waals surface area contributed by atoms with Gasteiger partial charge in [0.15, 0.2) is 0 Å². The molecule has 1 amide bonds. The van der Waals surface area contributed by atoms with E-state index in [0.29, 0.717) is 18.1 Å². The summed E-state index contributed by atoms with van der Waals surface area (Å²) in [4.78, 5) is 23.3. The molecular formula is C16H23NO3S. The quantitative estimate of drug-likeness (QED) is 0.723. The van der Waals surface area contributed by atoms with Gasteiger partial charge in [-0.05, 0) is 37.0 Å². The maximum absolute atomic E-state index is 11.8. The van der Waals surface area contributed by atoms with Gasteiger partial charge >= 0.3 is 5.97 Å². The Kier molecular flexibility index (Phi) is 7.29. The molecule has 0 aliphatic carbocycles. The summed E-state index contributed by atoms with van der Waals surface area (Å²) >= 11 is 1.49. The maximum atomic E-state index is 11.8. The van der Waals surface area contributed by atoms with Crippen molar-refractivity contribution in [1.29, 1.82) is 0 Å². The molecule has 0 aliphatic rings. The first kappa shape index (κ1) is 17.6. The lowest BCUT2D eigenvalue weighted by Gasteiger charge is -2.12. The van der Waals surface area contributed by atoms with Crippen molar-refractivity contribution in [2.24, 2.45) is 0 Å².